The molecular weight excluding hydrogens is 312 g/mol. The van der Waals surface area contributed by atoms with Gasteiger partial charge < -0.3 is 25.8 Å². The van der Waals surface area contributed by atoms with Gasteiger partial charge in [0, 0.05) is 0 Å². The van der Waals surface area contributed by atoms with Crippen molar-refractivity contribution in [3.8, 4) is 0 Å². The second-order valence-corrected chi connectivity index (χ2v) is 5.60. The van der Waals surface area contributed by atoms with Gasteiger partial charge in [-0.3, -0.25) is 9.71 Å². The van der Waals surface area contributed by atoms with Gasteiger partial charge in [0.1, 0.15) is 30.2 Å². The summed E-state index contributed by atoms with van der Waals surface area (Å²) in [5, 5.41) is 35.4. The molecule has 0 saturated carbocycles. The lowest BCUT2D eigenvalue weighted by atomic mass is 10.0. The third kappa shape index (κ3) is 2.06. The topological polar surface area (TPSA) is 166 Å². The van der Waals surface area contributed by atoms with Crippen LogP contribution in [0.2, 0.25) is 0 Å². The van der Waals surface area contributed by atoms with Gasteiger partial charge in [0.05, 0.1) is 18.7 Å². The fourth-order valence-corrected chi connectivity index (χ4v) is 3.27. The predicted molar refractivity (Wildman–Crippen MR) is 78.3 cm³/mol. The SMILES string of the molecule is NSC[C@@]1(n2cnc3c(N)ncnc32)O[C@H](CO)[C@@H](O)[C@H]1O. The van der Waals surface area contributed by atoms with Crippen molar-refractivity contribution in [2.75, 3.05) is 18.1 Å². The highest BCUT2D eigenvalue weighted by Gasteiger charge is 2.55. The number of anilines is 1. The molecule has 7 N–H and O–H groups in total. The maximum Gasteiger partial charge on any atom is 0.186 e. The molecule has 0 aliphatic carbocycles. The van der Waals surface area contributed by atoms with E-state index in [-0.39, 0.29) is 11.6 Å². The summed E-state index contributed by atoms with van der Waals surface area (Å²) in [5.74, 6) is 0.294. The first-order chi connectivity index (χ1) is 10.5. The monoisotopic (exact) mass is 328 g/mol. The number of rotatable bonds is 4. The average molecular weight is 328 g/mol. The van der Waals surface area contributed by atoms with E-state index in [4.69, 9.17) is 15.6 Å². The summed E-state index contributed by atoms with van der Waals surface area (Å²) in [5.41, 5.74) is 5.02. The van der Waals surface area contributed by atoms with E-state index < -0.39 is 30.6 Å². The Labute approximate surface area is 129 Å². The van der Waals surface area contributed by atoms with Crippen LogP contribution in [-0.4, -0.2) is 65.5 Å². The summed E-state index contributed by atoms with van der Waals surface area (Å²) in [6, 6.07) is 0. The van der Waals surface area contributed by atoms with Gasteiger partial charge in [0.2, 0.25) is 0 Å². The smallest absolute Gasteiger partial charge is 0.186 e. The summed E-state index contributed by atoms with van der Waals surface area (Å²) < 4.78 is 7.19. The summed E-state index contributed by atoms with van der Waals surface area (Å²) >= 11 is 0.926. The zero-order valence-electron chi connectivity index (χ0n) is 11.4. The van der Waals surface area contributed by atoms with Crippen molar-refractivity contribution in [1.29, 1.82) is 0 Å². The van der Waals surface area contributed by atoms with Crippen LogP contribution in [-0.2, 0) is 10.5 Å². The van der Waals surface area contributed by atoms with Gasteiger partial charge in [0.25, 0.3) is 0 Å². The van der Waals surface area contributed by atoms with Gasteiger partial charge in [-0.25, -0.2) is 15.0 Å². The molecule has 22 heavy (non-hydrogen) atoms. The van der Waals surface area contributed by atoms with Gasteiger partial charge in [-0.15, -0.1) is 0 Å². The van der Waals surface area contributed by atoms with Crippen molar-refractivity contribution in [3.63, 3.8) is 0 Å². The minimum Gasteiger partial charge on any atom is -0.394 e. The lowest BCUT2D eigenvalue weighted by molar-refractivity contribution is -0.128. The van der Waals surface area contributed by atoms with Crippen LogP contribution in [0.1, 0.15) is 0 Å². The normalized spacial score (nSPS) is 31.9. The Morgan fingerprint density at radius 1 is 1.36 bits per heavy atom. The van der Waals surface area contributed by atoms with E-state index in [0.29, 0.717) is 11.2 Å². The Morgan fingerprint density at radius 2 is 2.14 bits per heavy atom. The number of hydrogen-bond acceptors (Lipinski definition) is 10. The minimum absolute atomic E-state index is 0.108. The molecule has 120 valence electrons. The van der Waals surface area contributed by atoms with Crippen LogP contribution in [0.3, 0.4) is 0 Å². The largest absolute Gasteiger partial charge is 0.394 e. The molecule has 0 bridgehead atoms. The van der Waals surface area contributed by atoms with E-state index in [2.05, 4.69) is 15.0 Å². The number of nitrogen functional groups attached to an aromatic ring is 1. The van der Waals surface area contributed by atoms with Gasteiger partial charge >= 0.3 is 0 Å². The van der Waals surface area contributed by atoms with Gasteiger partial charge in [0.15, 0.2) is 17.2 Å². The van der Waals surface area contributed by atoms with Crippen LogP contribution < -0.4 is 10.9 Å². The van der Waals surface area contributed by atoms with Crippen LogP contribution >= 0.6 is 11.9 Å². The van der Waals surface area contributed by atoms with E-state index in [1.54, 1.807) is 0 Å². The number of aliphatic hydroxyl groups is 3. The molecule has 11 heteroatoms. The van der Waals surface area contributed by atoms with Crippen LogP contribution in [0.15, 0.2) is 12.7 Å². The van der Waals surface area contributed by atoms with Gasteiger partial charge in [-0.1, -0.05) is 11.9 Å². The molecule has 3 heterocycles. The molecule has 0 amide bonds. The highest BCUT2D eigenvalue weighted by atomic mass is 32.2. The third-order valence-corrected chi connectivity index (χ3v) is 4.34. The van der Waals surface area contributed by atoms with E-state index >= 15 is 0 Å². The molecule has 1 fully saturated rings. The Hall–Kier alpha value is -1.50. The lowest BCUT2D eigenvalue weighted by Crippen LogP contribution is -2.48. The standard InChI is InChI=1S/C11H16N6O4S/c12-9-6-10(15-3-14-9)17(4-16-6)11(2-22-13)8(20)7(19)5(1-18)21-11/h3-5,7-8,18-20H,1-2,13H2,(H2,12,14,15)/t5-,7-,8-,11-/m1/s1. The highest BCUT2D eigenvalue weighted by molar-refractivity contribution is 7.97. The number of fused-ring (bicyclic) bond motifs is 1. The van der Waals surface area contributed by atoms with Crippen molar-refractivity contribution in [2.24, 2.45) is 5.14 Å². The predicted octanol–water partition coefficient (Wildman–Crippen LogP) is -2.22. The molecule has 1 aliphatic heterocycles. The first-order valence-corrected chi connectivity index (χ1v) is 7.50. The van der Waals surface area contributed by atoms with E-state index in [1.807, 2.05) is 0 Å². The molecule has 2 aromatic rings. The summed E-state index contributed by atoms with van der Waals surface area (Å²) in [6.45, 7) is -0.445. The van der Waals surface area contributed by atoms with E-state index in [1.165, 1.54) is 17.2 Å². The van der Waals surface area contributed by atoms with Crippen molar-refractivity contribution in [2.45, 2.75) is 24.0 Å². The Bertz CT molecular complexity index is 684. The molecule has 3 rings (SSSR count). The number of ether oxygens (including phenoxy) is 1. The molecule has 0 radical (unpaired) electrons. The van der Waals surface area contributed by atoms with Crippen LogP contribution in [0, 0.1) is 0 Å². The minimum atomic E-state index is -1.41. The van der Waals surface area contributed by atoms with Crippen molar-refractivity contribution in [3.05, 3.63) is 12.7 Å². The number of imidazole rings is 1. The maximum atomic E-state index is 10.5. The second-order valence-electron chi connectivity index (χ2n) is 4.98. The van der Waals surface area contributed by atoms with Gasteiger partial charge in [-0.05, 0) is 0 Å². The molecule has 10 nitrogen and oxygen atoms in total. The molecular formula is C11H16N6O4S. The van der Waals surface area contributed by atoms with Crippen molar-refractivity contribution >= 4 is 28.9 Å². The van der Waals surface area contributed by atoms with Crippen LogP contribution in [0.5, 0.6) is 0 Å². The fourth-order valence-electron chi connectivity index (χ4n) is 2.65. The Morgan fingerprint density at radius 3 is 2.77 bits per heavy atom. The zero-order chi connectivity index (χ0) is 15.9. The Balaban J connectivity index is 2.17. The lowest BCUT2D eigenvalue weighted by Gasteiger charge is -2.32. The summed E-state index contributed by atoms with van der Waals surface area (Å²) in [6.07, 6.45) is -0.885. The van der Waals surface area contributed by atoms with E-state index in [9.17, 15) is 15.3 Å². The van der Waals surface area contributed by atoms with Crippen LogP contribution in [0.4, 0.5) is 5.82 Å². The number of aliphatic hydroxyl groups excluding tert-OH is 3. The van der Waals surface area contributed by atoms with Gasteiger partial charge in [-0.2, -0.15) is 0 Å². The molecule has 4 atom stereocenters. The summed E-state index contributed by atoms with van der Waals surface area (Å²) in [7, 11) is 0. The summed E-state index contributed by atoms with van der Waals surface area (Å²) in [4.78, 5) is 12.1. The average Bonchev–Trinajstić information content (AvgIpc) is 3.04. The highest BCUT2D eigenvalue weighted by Crippen LogP contribution is 2.39. The van der Waals surface area contributed by atoms with E-state index in [0.717, 1.165) is 11.9 Å². The first-order valence-electron chi connectivity index (χ1n) is 6.45. The quantitative estimate of drug-likeness (QED) is 0.388. The Kier molecular flexibility index (Phi) is 3.92. The van der Waals surface area contributed by atoms with Crippen LogP contribution in [0.25, 0.3) is 11.2 Å². The molecule has 0 unspecified atom stereocenters. The first kappa shape index (κ1) is 15.4. The number of nitrogens with zero attached hydrogens (tertiary/aromatic N) is 4. The molecule has 0 spiro atoms. The number of hydrogen-bond donors (Lipinski definition) is 5. The van der Waals surface area contributed by atoms with Crippen molar-refractivity contribution in [1.82, 2.24) is 19.5 Å². The molecule has 1 saturated heterocycles. The number of aromatic nitrogens is 4. The fraction of sp³-hybridized carbons (Fsp3) is 0.545. The molecule has 1 aliphatic rings. The molecule has 2 aromatic heterocycles. The maximum absolute atomic E-state index is 10.5. The zero-order valence-corrected chi connectivity index (χ0v) is 12.2. The third-order valence-electron chi connectivity index (χ3n) is 3.76. The number of nitrogens with two attached hydrogens (primary N) is 2. The van der Waals surface area contributed by atoms with Crippen molar-refractivity contribution < 1.29 is 20.1 Å². The second kappa shape index (κ2) is 5.61. The molecule has 0 aromatic carbocycles.